The third-order valence-corrected chi connectivity index (χ3v) is 4.49. The lowest BCUT2D eigenvalue weighted by Gasteiger charge is -2.19. The smallest absolute Gasteiger partial charge is 0.328 e. The summed E-state index contributed by atoms with van der Waals surface area (Å²) in [4.78, 5) is 28.3. The molecule has 1 aromatic heterocycles. The van der Waals surface area contributed by atoms with E-state index in [9.17, 15) is 18.4 Å². The molecule has 0 saturated carbocycles. The van der Waals surface area contributed by atoms with Crippen LogP contribution in [0.3, 0.4) is 0 Å². The van der Waals surface area contributed by atoms with E-state index < -0.39 is 24.3 Å². The van der Waals surface area contributed by atoms with E-state index in [4.69, 9.17) is 0 Å². The van der Waals surface area contributed by atoms with Crippen LogP contribution in [0.2, 0.25) is 0 Å². The summed E-state index contributed by atoms with van der Waals surface area (Å²) in [5, 5.41) is 2.87. The number of aromatic nitrogens is 1. The summed E-state index contributed by atoms with van der Waals surface area (Å²) in [6.45, 7) is 2.16. The lowest BCUT2D eigenvalue weighted by atomic mass is 10.0. The Morgan fingerprint density at radius 3 is 2.79 bits per heavy atom. The van der Waals surface area contributed by atoms with Gasteiger partial charge < -0.3 is 15.2 Å². The van der Waals surface area contributed by atoms with Gasteiger partial charge in [-0.25, -0.2) is 0 Å². The molecule has 2 aromatic rings. The van der Waals surface area contributed by atoms with Crippen molar-refractivity contribution in [3.05, 3.63) is 35.5 Å². The maximum atomic E-state index is 14.4. The third-order valence-electron chi connectivity index (χ3n) is 4.49. The summed E-state index contributed by atoms with van der Waals surface area (Å²) in [7, 11) is 1.59. The molecular formula is C17H19F2N3O2. The van der Waals surface area contributed by atoms with Gasteiger partial charge in [-0.3, -0.25) is 9.59 Å². The molecule has 5 nitrogen and oxygen atoms in total. The molecule has 128 valence electrons. The third kappa shape index (κ3) is 2.86. The maximum Gasteiger partial charge on any atom is 0.328 e. The van der Waals surface area contributed by atoms with Gasteiger partial charge in [0, 0.05) is 36.6 Å². The van der Waals surface area contributed by atoms with Crippen LogP contribution in [-0.4, -0.2) is 47.3 Å². The molecule has 0 spiro atoms. The predicted octanol–water partition coefficient (Wildman–Crippen LogP) is 2.00. The molecule has 2 heterocycles. The number of aryl methyl sites for hydroxylation is 1. The van der Waals surface area contributed by atoms with Crippen LogP contribution in [0.15, 0.2) is 24.3 Å². The number of amides is 2. The van der Waals surface area contributed by atoms with E-state index >= 15 is 0 Å². The largest absolute Gasteiger partial charge is 0.358 e. The highest BCUT2D eigenvalue weighted by Gasteiger charge is 2.43. The second kappa shape index (κ2) is 5.89. The van der Waals surface area contributed by atoms with E-state index in [2.05, 4.69) is 10.3 Å². The highest BCUT2D eigenvalue weighted by molar-refractivity contribution is 5.92. The van der Waals surface area contributed by atoms with Gasteiger partial charge in [-0.05, 0) is 25.0 Å². The summed E-state index contributed by atoms with van der Waals surface area (Å²) in [5.74, 6) is -5.32. The van der Waals surface area contributed by atoms with Crippen molar-refractivity contribution in [2.45, 2.75) is 31.7 Å². The number of fused-ring (bicyclic) bond motifs is 1. The molecule has 1 aromatic carbocycles. The Kier molecular flexibility index (Phi) is 4.03. The van der Waals surface area contributed by atoms with E-state index in [0.717, 1.165) is 5.52 Å². The Bertz CT molecular complexity index is 800. The number of benzene rings is 1. The molecule has 24 heavy (non-hydrogen) atoms. The van der Waals surface area contributed by atoms with E-state index in [0.29, 0.717) is 29.6 Å². The minimum absolute atomic E-state index is 0.331. The molecule has 1 saturated heterocycles. The normalized spacial score (nSPS) is 18.4. The first-order chi connectivity index (χ1) is 11.3. The van der Waals surface area contributed by atoms with Gasteiger partial charge >= 0.3 is 5.92 Å². The summed E-state index contributed by atoms with van der Waals surface area (Å²) in [6, 6.07) is 6.27. The maximum absolute atomic E-state index is 14.4. The first-order valence-electron chi connectivity index (χ1n) is 7.79. The van der Waals surface area contributed by atoms with Crippen LogP contribution in [0.5, 0.6) is 0 Å². The number of likely N-dealkylation sites (N-methyl/N-ethyl adjacent to an activating group) is 1. The SMILES string of the molecule is Cc1[nH]c2ccccc2c1CC(F)(F)C(=O)NC1CCN(C)C1=O. The molecule has 3 rings (SSSR count). The molecule has 1 atom stereocenters. The fourth-order valence-electron chi connectivity index (χ4n) is 3.09. The predicted molar refractivity (Wildman–Crippen MR) is 85.9 cm³/mol. The molecular weight excluding hydrogens is 316 g/mol. The molecule has 2 N–H and O–H groups in total. The molecule has 0 radical (unpaired) electrons. The minimum atomic E-state index is -3.59. The number of para-hydroxylation sites is 1. The average molecular weight is 335 g/mol. The molecule has 0 aliphatic carbocycles. The molecule has 1 aliphatic rings. The number of nitrogens with one attached hydrogen (secondary N) is 2. The van der Waals surface area contributed by atoms with Crippen molar-refractivity contribution in [2.75, 3.05) is 13.6 Å². The van der Waals surface area contributed by atoms with E-state index in [1.54, 1.807) is 32.2 Å². The van der Waals surface area contributed by atoms with Crippen molar-refractivity contribution in [2.24, 2.45) is 0 Å². The Morgan fingerprint density at radius 1 is 1.42 bits per heavy atom. The number of likely N-dealkylation sites (tertiary alicyclic amines) is 1. The lowest BCUT2D eigenvalue weighted by molar-refractivity contribution is -0.147. The van der Waals surface area contributed by atoms with Crippen molar-refractivity contribution in [3.8, 4) is 0 Å². The van der Waals surface area contributed by atoms with Crippen LogP contribution in [0, 0.1) is 6.92 Å². The van der Waals surface area contributed by atoms with Gasteiger partial charge in [0.2, 0.25) is 5.91 Å². The van der Waals surface area contributed by atoms with Gasteiger partial charge in [-0.15, -0.1) is 0 Å². The second-order valence-corrected chi connectivity index (χ2v) is 6.23. The van der Waals surface area contributed by atoms with E-state index in [1.165, 1.54) is 4.90 Å². The number of H-pyrrole nitrogens is 1. The molecule has 1 unspecified atom stereocenters. The molecule has 7 heteroatoms. The molecule has 1 fully saturated rings. The fourth-order valence-corrected chi connectivity index (χ4v) is 3.09. The second-order valence-electron chi connectivity index (χ2n) is 6.23. The highest BCUT2D eigenvalue weighted by Crippen LogP contribution is 2.29. The number of halogens is 2. The molecule has 0 bridgehead atoms. The van der Waals surface area contributed by atoms with Gasteiger partial charge in [-0.1, -0.05) is 18.2 Å². The number of carbonyl (C=O) groups is 2. The Morgan fingerprint density at radius 2 is 2.12 bits per heavy atom. The van der Waals surface area contributed by atoms with Crippen molar-refractivity contribution in [3.63, 3.8) is 0 Å². The zero-order valence-corrected chi connectivity index (χ0v) is 13.5. The van der Waals surface area contributed by atoms with E-state index in [1.807, 2.05) is 6.07 Å². The minimum Gasteiger partial charge on any atom is -0.358 e. The van der Waals surface area contributed by atoms with E-state index in [-0.39, 0.29) is 5.91 Å². The quantitative estimate of drug-likeness (QED) is 0.898. The number of hydrogen-bond donors (Lipinski definition) is 2. The average Bonchev–Trinajstić information content (AvgIpc) is 3.01. The van der Waals surface area contributed by atoms with Gasteiger partial charge in [0.05, 0.1) is 0 Å². The zero-order chi connectivity index (χ0) is 17.5. The monoisotopic (exact) mass is 335 g/mol. The van der Waals surface area contributed by atoms with Crippen LogP contribution in [0.25, 0.3) is 10.9 Å². The Balaban J connectivity index is 1.78. The number of alkyl halides is 2. The van der Waals surface area contributed by atoms with Crippen molar-refractivity contribution in [1.82, 2.24) is 15.2 Å². The van der Waals surface area contributed by atoms with Crippen LogP contribution in [0.4, 0.5) is 8.78 Å². The first-order valence-corrected chi connectivity index (χ1v) is 7.79. The Hall–Kier alpha value is -2.44. The lowest BCUT2D eigenvalue weighted by Crippen LogP contribution is -2.49. The summed E-state index contributed by atoms with van der Waals surface area (Å²) in [6.07, 6.45) is -0.352. The topological polar surface area (TPSA) is 65.2 Å². The first kappa shape index (κ1) is 16.4. The van der Waals surface area contributed by atoms with Gasteiger partial charge in [-0.2, -0.15) is 8.78 Å². The van der Waals surface area contributed by atoms with Gasteiger partial charge in [0.25, 0.3) is 5.91 Å². The summed E-state index contributed by atoms with van der Waals surface area (Å²) in [5.41, 5.74) is 1.79. The van der Waals surface area contributed by atoms with Crippen LogP contribution >= 0.6 is 0 Å². The highest BCUT2D eigenvalue weighted by atomic mass is 19.3. The number of nitrogens with zero attached hydrogens (tertiary/aromatic N) is 1. The van der Waals surface area contributed by atoms with Crippen molar-refractivity contribution >= 4 is 22.7 Å². The van der Waals surface area contributed by atoms with Gasteiger partial charge in [0.15, 0.2) is 0 Å². The van der Waals surface area contributed by atoms with Gasteiger partial charge in [0.1, 0.15) is 6.04 Å². The standard InChI is InChI=1S/C17H19F2N3O2/c1-10-12(11-5-3-4-6-13(11)20-10)9-17(18,19)16(24)21-14-7-8-22(2)15(14)23/h3-6,14,20H,7-9H2,1-2H3,(H,21,24). The van der Waals surface area contributed by atoms with Crippen molar-refractivity contribution in [1.29, 1.82) is 0 Å². The summed E-state index contributed by atoms with van der Waals surface area (Å²) >= 11 is 0. The molecule has 1 aliphatic heterocycles. The van der Waals surface area contributed by atoms with Crippen LogP contribution in [0.1, 0.15) is 17.7 Å². The van der Waals surface area contributed by atoms with Crippen LogP contribution in [-0.2, 0) is 16.0 Å². The number of carbonyl (C=O) groups excluding carboxylic acids is 2. The fraction of sp³-hybridized carbons (Fsp3) is 0.412. The van der Waals surface area contributed by atoms with Crippen LogP contribution < -0.4 is 5.32 Å². The molecule has 2 amide bonds. The number of rotatable bonds is 4. The Labute approximate surface area is 138 Å². The number of hydrogen-bond acceptors (Lipinski definition) is 2. The van der Waals surface area contributed by atoms with Crippen molar-refractivity contribution < 1.29 is 18.4 Å². The number of aromatic amines is 1. The zero-order valence-electron chi connectivity index (χ0n) is 13.5. The summed E-state index contributed by atoms with van der Waals surface area (Å²) < 4.78 is 28.8.